The summed E-state index contributed by atoms with van der Waals surface area (Å²) in [6, 6.07) is 10.00. The van der Waals surface area contributed by atoms with Crippen LogP contribution in [-0.2, 0) is 4.79 Å². The molecule has 0 atom stereocenters. The number of nitrogens with zero attached hydrogens (tertiary/aromatic N) is 2. The SMILES string of the molecule is CN=C(NCCCSc1ccc(F)cc1)NCC(=O)Nc1cccnc1. The normalized spacial score (nSPS) is 11.1. The molecule has 0 fully saturated rings. The first-order valence-corrected chi connectivity index (χ1v) is 9.18. The number of aromatic nitrogens is 1. The number of amides is 1. The fourth-order valence-corrected chi connectivity index (χ4v) is 2.88. The van der Waals surface area contributed by atoms with E-state index in [9.17, 15) is 9.18 Å². The van der Waals surface area contributed by atoms with Crippen molar-refractivity contribution in [3.8, 4) is 0 Å². The van der Waals surface area contributed by atoms with Crippen molar-refractivity contribution in [1.29, 1.82) is 0 Å². The van der Waals surface area contributed by atoms with E-state index in [1.54, 1.807) is 55.5 Å². The smallest absolute Gasteiger partial charge is 0.243 e. The number of nitrogens with one attached hydrogen (secondary N) is 3. The highest BCUT2D eigenvalue weighted by molar-refractivity contribution is 7.99. The number of anilines is 1. The van der Waals surface area contributed by atoms with E-state index in [2.05, 4.69) is 25.9 Å². The second kappa shape index (κ2) is 11.1. The zero-order chi connectivity index (χ0) is 18.6. The molecule has 2 aromatic rings. The van der Waals surface area contributed by atoms with Crippen LogP contribution in [-0.4, -0.2) is 42.7 Å². The molecule has 1 aromatic carbocycles. The minimum absolute atomic E-state index is 0.110. The van der Waals surface area contributed by atoms with Crippen LogP contribution in [0.1, 0.15) is 6.42 Å². The molecule has 2 rings (SSSR count). The van der Waals surface area contributed by atoms with E-state index in [0.29, 0.717) is 11.6 Å². The van der Waals surface area contributed by atoms with Crippen LogP contribution in [0.25, 0.3) is 0 Å². The van der Waals surface area contributed by atoms with Gasteiger partial charge in [-0.15, -0.1) is 11.8 Å². The van der Waals surface area contributed by atoms with E-state index in [0.717, 1.165) is 23.6 Å². The second-order valence-electron chi connectivity index (χ2n) is 5.30. The van der Waals surface area contributed by atoms with Gasteiger partial charge in [-0.05, 0) is 48.6 Å². The molecule has 0 unspecified atom stereocenters. The van der Waals surface area contributed by atoms with Gasteiger partial charge in [0, 0.05) is 24.7 Å². The first-order chi connectivity index (χ1) is 12.7. The van der Waals surface area contributed by atoms with Crippen molar-refractivity contribution in [1.82, 2.24) is 15.6 Å². The number of benzene rings is 1. The molecule has 0 spiro atoms. The van der Waals surface area contributed by atoms with Gasteiger partial charge in [-0.25, -0.2) is 4.39 Å². The van der Waals surface area contributed by atoms with Crippen molar-refractivity contribution < 1.29 is 9.18 Å². The molecule has 0 bridgehead atoms. The predicted molar refractivity (Wildman–Crippen MR) is 104 cm³/mol. The number of rotatable bonds is 8. The van der Waals surface area contributed by atoms with Crippen molar-refractivity contribution in [3.05, 3.63) is 54.6 Å². The van der Waals surface area contributed by atoms with Crippen molar-refractivity contribution in [2.24, 2.45) is 4.99 Å². The van der Waals surface area contributed by atoms with E-state index in [-0.39, 0.29) is 18.3 Å². The van der Waals surface area contributed by atoms with E-state index in [4.69, 9.17) is 0 Å². The Morgan fingerprint density at radius 3 is 2.73 bits per heavy atom. The van der Waals surface area contributed by atoms with Crippen molar-refractivity contribution >= 4 is 29.3 Å². The Morgan fingerprint density at radius 2 is 2.04 bits per heavy atom. The summed E-state index contributed by atoms with van der Waals surface area (Å²) in [7, 11) is 1.65. The first-order valence-electron chi connectivity index (χ1n) is 8.20. The number of hydrogen-bond donors (Lipinski definition) is 3. The van der Waals surface area contributed by atoms with Crippen molar-refractivity contribution in [2.45, 2.75) is 11.3 Å². The molecule has 26 heavy (non-hydrogen) atoms. The number of guanidine groups is 1. The Bertz CT molecular complexity index is 709. The predicted octanol–water partition coefficient (Wildman–Crippen LogP) is 2.51. The lowest BCUT2D eigenvalue weighted by molar-refractivity contribution is -0.115. The molecule has 0 aliphatic rings. The summed E-state index contributed by atoms with van der Waals surface area (Å²) in [6.07, 6.45) is 4.14. The van der Waals surface area contributed by atoms with Crippen LogP contribution < -0.4 is 16.0 Å². The Kier molecular flexibility index (Phi) is 8.41. The molecule has 1 heterocycles. The molecular weight excluding hydrogens is 353 g/mol. The van der Waals surface area contributed by atoms with Gasteiger partial charge in [0.05, 0.1) is 18.4 Å². The summed E-state index contributed by atoms with van der Waals surface area (Å²) in [5.41, 5.74) is 0.653. The van der Waals surface area contributed by atoms with E-state index >= 15 is 0 Å². The number of thioether (sulfide) groups is 1. The van der Waals surface area contributed by atoms with Gasteiger partial charge in [-0.1, -0.05) is 0 Å². The lowest BCUT2D eigenvalue weighted by Crippen LogP contribution is -2.41. The summed E-state index contributed by atoms with van der Waals surface area (Å²) in [5.74, 6) is 1.07. The number of carbonyl (C=O) groups excluding carboxylic acids is 1. The largest absolute Gasteiger partial charge is 0.356 e. The average molecular weight is 375 g/mol. The highest BCUT2D eigenvalue weighted by atomic mass is 32.2. The molecule has 0 saturated heterocycles. The van der Waals surface area contributed by atoms with E-state index in [1.165, 1.54) is 12.1 Å². The van der Waals surface area contributed by atoms with Crippen LogP contribution in [0.2, 0.25) is 0 Å². The quantitative estimate of drug-likeness (QED) is 0.286. The topological polar surface area (TPSA) is 78.4 Å². The highest BCUT2D eigenvalue weighted by Gasteiger charge is 2.04. The van der Waals surface area contributed by atoms with Crippen LogP contribution in [0.15, 0.2) is 58.7 Å². The molecule has 0 aliphatic carbocycles. The third-order valence-electron chi connectivity index (χ3n) is 3.28. The van der Waals surface area contributed by atoms with Gasteiger partial charge in [-0.2, -0.15) is 0 Å². The lowest BCUT2D eigenvalue weighted by Gasteiger charge is -2.12. The van der Waals surface area contributed by atoms with Gasteiger partial charge in [0.2, 0.25) is 5.91 Å². The summed E-state index contributed by atoms with van der Waals surface area (Å²) < 4.78 is 12.8. The first kappa shape index (κ1) is 19.7. The maximum atomic E-state index is 12.8. The molecule has 138 valence electrons. The standard InChI is InChI=1S/C18H22FN5OS/c1-20-18(23-13-17(25)24-15-4-2-9-21-12-15)22-10-3-11-26-16-7-5-14(19)6-8-16/h2,4-9,12H,3,10-11,13H2,1H3,(H,24,25)(H2,20,22,23). The van der Waals surface area contributed by atoms with Crippen LogP contribution in [0, 0.1) is 5.82 Å². The van der Waals surface area contributed by atoms with Crippen molar-refractivity contribution in [2.75, 3.05) is 31.2 Å². The zero-order valence-corrected chi connectivity index (χ0v) is 15.4. The summed E-state index contributed by atoms with van der Waals surface area (Å²) >= 11 is 1.67. The maximum absolute atomic E-state index is 12.8. The van der Waals surface area contributed by atoms with Gasteiger partial charge >= 0.3 is 0 Å². The zero-order valence-electron chi connectivity index (χ0n) is 14.5. The van der Waals surface area contributed by atoms with Crippen LogP contribution in [0.3, 0.4) is 0 Å². The molecule has 0 saturated carbocycles. The molecule has 1 aromatic heterocycles. The molecule has 3 N–H and O–H groups in total. The van der Waals surface area contributed by atoms with Crippen LogP contribution >= 0.6 is 11.8 Å². The fourth-order valence-electron chi connectivity index (χ4n) is 2.03. The second-order valence-corrected chi connectivity index (χ2v) is 6.47. The Hall–Kier alpha value is -2.61. The molecule has 0 aliphatic heterocycles. The summed E-state index contributed by atoms with van der Waals surface area (Å²) in [4.78, 5) is 20.9. The van der Waals surface area contributed by atoms with Crippen molar-refractivity contribution in [3.63, 3.8) is 0 Å². The minimum atomic E-state index is -0.224. The molecule has 0 radical (unpaired) electrons. The Morgan fingerprint density at radius 1 is 1.23 bits per heavy atom. The Balaban J connectivity index is 1.60. The van der Waals surface area contributed by atoms with Gasteiger partial charge < -0.3 is 16.0 Å². The summed E-state index contributed by atoms with van der Waals surface area (Å²) in [6.45, 7) is 0.830. The molecular formula is C18H22FN5OS. The van der Waals surface area contributed by atoms with Gasteiger partial charge in [0.1, 0.15) is 5.82 Å². The number of aliphatic imine (C=N–C) groups is 1. The molecule has 6 nitrogen and oxygen atoms in total. The molecule has 1 amide bonds. The number of pyridine rings is 1. The van der Waals surface area contributed by atoms with Gasteiger partial charge in [0.15, 0.2) is 5.96 Å². The maximum Gasteiger partial charge on any atom is 0.243 e. The third kappa shape index (κ3) is 7.52. The third-order valence-corrected chi connectivity index (χ3v) is 4.38. The summed E-state index contributed by atoms with van der Waals surface area (Å²) in [5, 5.41) is 8.86. The highest BCUT2D eigenvalue weighted by Crippen LogP contribution is 2.18. The fraction of sp³-hybridized carbons (Fsp3) is 0.278. The monoisotopic (exact) mass is 375 g/mol. The van der Waals surface area contributed by atoms with Gasteiger partial charge in [-0.3, -0.25) is 14.8 Å². The van der Waals surface area contributed by atoms with E-state index < -0.39 is 0 Å². The van der Waals surface area contributed by atoms with Gasteiger partial charge in [0.25, 0.3) is 0 Å². The average Bonchev–Trinajstić information content (AvgIpc) is 2.66. The molecule has 8 heteroatoms. The minimum Gasteiger partial charge on any atom is -0.356 e. The lowest BCUT2D eigenvalue weighted by atomic mass is 10.4. The van der Waals surface area contributed by atoms with E-state index in [1.807, 2.05) is 0 Å². The number of carbonyl (C=O) groups is 1. The van der Waals surface area contributed by atoms with Crippen LogP contribution in [0.5, 0.6) is 0 Å². The number of hydrogen-bond acceptors (Lipinski definition) is 4. The Labute approximate surface area is 156 Å². The number of halogens is 1. The van der Waals surface area contributed by atoms with Crippen LogP contribution in [0.4, 0.5) is 10.1 Å².